The predicted molar refractivity (Wildman–Crippen MR) is 91.2 cm³/mol. The van der Waals surface area contributed by atoms with Crippen LogP contribution in [0.5, 0.6) is 0 Å². The number of aliphatic hydroxyl groups is 4. The molecule has 1 aromatic carbocycles. The highest BCUT2D eigenvalue weighted by Crippen LogP contribution is 2.33. The molecule has 1 fully saturated rings. The Balaban J connectivity index is 2.09. The molecule has 1 aliphatic rings. The zero-order valence-electron chi connectivity index (χ0n) is 14.3. The molecule has 1 aliphatic heterocycles. The maximum atomic E-state index is 10.3. The van der Waals surface area contributed by atoms with Gasteiger partial charge in [-0.3, -0.25) is 0 Å². The van der Waals surface area contributed by atoms with Crippen LogP contribution >= 0.6 is 0 Å². The van der Waals surface area contributed by atoms with Crippen molar-refractivity contribution in [2.45, 2.75) is 69.9 Å². The second kappa shape index (κ2) is 9.49. The molecule has 4 atom stereocenters. The summed E-state index contributed by atoms with van der Waals surface area (Å²) in [5.41, 5.74) is 1.79. The quantitative estimate of drug-likeness (QED) is 0.541. The van der Waals surface area contributed by atoms with E-state index in [2.05, 4.69) is 6.92 Å². The van der Waals surface area contributed by atoms with Crippen molar-refractivity contribution >= 4 is 0 Å². The third-order valence-electron chi connectivity index (χ3n) is 4.61. The molecule has 5 nitrogen and oxygen atoms in total. The van der Waals surface area contributed by atoms with Gasteiger partial charge in [-0.1, -0.05) is 56.9 Å². The average Bonchev–Trinajstić information content (AvgIpc) is 2.60. The Bertz CT molecular complexity index is 490. The van der Waals surface area contributed by atoms with Crippen LogP contribution in [0.25, 0.3) is 0 Å². The Labute approximate surface area is 143 Å². The zero-order chi connectivity index (χ0) is 17.5. The van der Waals surface area contributed by atoms with E-state index in [0.29, 0.717) is 0 Å². The Morgan fingerprint density at radius 3 is 2.38 bits per heavy atom. The van der Waals surface area contributed by atoms with Gasteiger partial charge in [-0.15, -0.1) is 0 Å². The molecule has 0 spiro atoms. The SMILES string of the molecule is CCCCCCCc1ccccc1[C]1O[C@H](CO)[C@H](O)[C@H](O)[C@H]1O. The summed E-state index contributed by atoms with van der Waals surface area (Å²) >= 11 is 0. The van der Waals surface area contributed by atoms with Crippen molar-refractivity contribution in [3.8, 4) is 0 Å². The molecule has 1 heterocycles. The van der Waals surface area contributed by atoms with Gasteiger partial charge in [-0.2, -0.15) is 0 Å². The number of aliphatic hydroxyl groups excluding tert-OH is 4. The van der Waals surface area contributed by atoms with Gasteiger partial charge in [0.05, 0.1) is 6.61 Å². The molecule has 0 bridgehead atoms. The van der Waals surface area contributed by atoms with Crippen LogP contribution in [0.3, 0.4) is 0 Å². The summed E-state index contributed by atoms with van der Waals surface area (Å²) in [6.45, 7) is 1.76. The number of unbranched alkanes of at least 4 members (excludes halogenated alkanes) is 4. The predicted octanol–water partition coefficient (Wildman–Crippen LogP) is 1.55. The summed E-state index contributed by atoms with van der Waals surface area (Å²) in [6, 6.07) is 7.63. The first-order chi connectivity index (χ1) is 11.6. The molecule has 1 aromatic rings. The summed E-state index contributed by atoms with van der Waals surface area (Å²) in [4.78, 5) is 0. The number of benzene rings is 1. The van der Waals surface area contributed by atoms with Gasteiger partial charge in [-0.05, 0) is 24.0 Å². The van der Waals surface area contributed by atoms with E-state index in [1.165, 1.54) is 19.3 Å². The minimum atomic E-state index is -1.37. The topological polar surface area (TPSA) is 90.2 Å². The van der Waals surface area contributed by atoms with Gasteiger partial charge in [0.2, 0.25) is 0 Å². The maximum absolute atomic E-state index is 10.3. The fourth-order valence-electron chi connectivity index (χ4n) is 3.13. The first kappa shape index (κ1) is 19.3. The van der Waals surface area contributed by atoms with Gasteiger partial charge < -0.3 is 25.2 Å². The second-order valence-corrected chi connectivity index (χ2v) is 6.45. The van der Waals surface area contributed by atoms with Gasteiger partial charge in [-0.25, -0.2) is 0 Å². The fourth-order valence-corrected chi connectivity index (χ4v) is 3.13. The van der Waals surface area contributed by atoms with Crippen LogP contribution in [0.15, 0.2) is 24.3 Å². The molecule has 0 aliphatic carbocycles. The van der Waals surface area contributed by atoms with Crippen LogP contribution in [0.4, 0.5) is 0 Å². The van der Waals surface area contributed by atoms with E-state index in [-0.39, 0.29) is 6.10 Å². The number of aryl methyl sites for hydroxylation is 1. The van der Waals surface area contributed by atoms with Crippen molar-refractivity contribution in [3.63, 3.8) is 0 Å². The van der Waals surface area contributed by atoms with Crippen LogP contribution in [0, 0.1) is 6.10 Å². The number of hydrogen-bond donors (Lipinski definition) is 4. The van der Waals surface area contributed by atoms with Gasteiger partial charge in [0.15, 0.2) is 6.10 Å². The molecule has 5 heteroatoms. The Hall–Kier alpha value is -0.980. The van der Waals surface area contributed by atoms with E-state index in [1.807, 2.05) is 24.3 Å². The van der Waals surface area contributed by atoms with Crippen LogP contribution in [-0.2, 0) is 11.2 Å². The van der Waals surface area contributed by atoms with Gasteiger partial charge in [0.25, 0.3) is 0 Å². The first-order valence-corrected chi connectivity index (χ1v) is 8.87. The highest BCUT2D eigenvalue weighted by Gasteiger charge is 2.45. The first-order valence-electron chi connectivity index (χ1n) is 8.87. The largest absolute Gasteiger partial charge is 0.394 e. The minimum absolute atomic E-state index is 0.232. The molecule has 1 radical (unpaired) electrons. The molecule has 2 rings (SSSR count). The highest BCUT2D eigenvalue weighted by atomic mass is 16.5. The van der Waals surface area contributed by atoms with Crippen LogP contribution in [0.2, 0.25) is 0 Å². The van der Waals surface area contributed by atoms with Crippen LogP contribution in [0.1, 0.15) is 50.2 Å². The van der Waals surface area contributed by atoms with Crippen molar-refractivity contribution in [3.05, 3.63) is 41.5 Å². The molecule has 24 heavy (non-hydrogen) atoms. The molecule has 0 aromatic heterocycles. The molecule has 1 saturated heterocycles. The second-order valence-electron chi connectivity index (χ2n) is 6.45. The molecule has 0 amide bonds. The molecular weight excluding hydrogens is 308 g/mol. The summed E-state index contributed by atoms with van der Waals surface area (Å²) < 4.78 is 5.61. The normalized spacial score (nSPS) is 28.2. The van der Waals surface area contributed by atoms with E-state index in [4.69, 9.17) is 4.74 Å². The lowest BCUT2D eigenvalue weighted by atomic mass is 9.88. The van der Waals surface area contributed by atoms with Crippen molar-refractivity contribution in [1.82, 2.24) is 0 Å². The summed E-state index contributed by atoms with van der Waals surface area (Å²) in [6.07, 6.45) is 2.04. The summed E-state index contributed by atoms with van der Waals surface area (Å²) in [7, 11) is 0. The third-order valence-corrected chi connectivity index (χ3v) is 4.61. The number of ether oxygens (including phenoxy) is 1. The van der Waals surface area contributed by atoms with Crippen molar-refractivity contribution in [1.29, 1.82) is 0 Å². The lowest BCUT2D eigenvalue weighted by Crippen LogP contribution is -2.55. The van der Waals surface area contributed by atoms with E-state index in [9.17, 15) is 20.4 Å². The Morgan fingerprint density at radius 1 is 0.958 bits per heavy atom. The average molecular weight is 337 g/mol. The van der Waals surface area contributed by atoms with E-state index in [0.717, 1.165) is 30.4 Å². The number of hydrogen-bond acceptors (Lipinski definition) is 5. The molecule has 4 N–H and O–H groups in total. The van der Waals surface area contributed by atoms with Gasteiger partial charge in [0.1, 0.15) is 24.4 Å². The summed E-state index contributed by atoms with van der Waals surface area (Å²) in [5, 5.41) is 39.5. The van der Waals surface area contributed by atoms with Gasteiger partial charge >= 0.3 is 0 Å². The monoisotopic (exact) mass is 337 g/mol. The standard InChI is InChI=1S/C19H29O5/c1-2-3-4-5-6-9-13-10-7-8-11-14(13)19-18(23)17(22)16(21)15(12-20)24-19/h7-8,10-11,15-18,20-23H,2-6,9,12H2,1H3/t15-,16+,17+,18-/m1/s1. The molecule has 0 saturated carbocycles. The Kier molecular flexibility index (Phi) is 7.65. The molecular formula is C19H29O5. The Morgan fingerprint density at radius 2 is 1.67 bits per heavy atom. The third kappa shape index (κ3) is 4.55. The van der Waals surface area contributed by atoms with Crippen molar-refractivity contribution < 1.29 is 25.2 Å². The van der Waals surface area contributed by atoms with Crippen molar-refractivity contribution in [2.75, 3.05) is 6.61 Å². The minimum Gasteiger partial charge on any atom is -0.394 e. The van der Waals surface area contributed by atoms with Crippen LogP contribution in [-0.4, -0.2) is 51.4 Å². The molecule has 135 valence electrons. The lowest BCUT2D eigenvalue weighted by molar-refractivity contribution is -0.184. The maximum Gasteiger partial charge on any atom is 0.158 e. The smallest absolute Gasteiger partial charge is 0.158 e. The van der Waals surface area contributed by atoms with E-state index in [1.54, 1.807) is 0 Å². The highest BCUT2D eigenvalue weighted by molar-refractivity contribution is 5.39. The fraction of sp³-hybridized carbons (Fsp3) is 0.632. The lowest BCUT2D eigenvalue weighted by Gasteiger charge is -2.40. The molecule has 0 unspecified atom stereocenters. The van der Waals surface area contributed by atoms with Crippen LogP contribution < -0.4 is 0 Å². The summed E-state index contributed by atoms with van der Waals surface area (Å²) in [5.74, 6) is 0. The van der Waals surface area contributed by atoms with Crippen molar-refractivity contribution in [2.24, 2.45) is 0 Å². The zero-order valence-corrected chi connectivity index (χ0v) is 14.3. The van der Waals surface area contributed by atoms with Gasteiger partial charge in [0, 0.05) is 0 Å². The van der Waals surface area contributed by atoms with E-state index >= 15 is 0 Å². The van der Waals surface area contributed by atoms with E-state index < -0.39 is 31.0 Å². The number of rotatable bonds is 8.